The molecule has 2 aromatic rings. The van der Waals surface area contributed by atoms with E-state index in [1.54, 1.807) is 0 Å². The first-order chi connectivity index (χ1) is 6.36. The maximum absolute atomic E-state index is 4.39. The van der Waals surface area contributed by atoms with E-state index in [2.05, 4.69) is 69.7 Å². The van der Waals surface area contributed by atoms with E-state index < -0.39 is 0 Å². The van der Waals surface area contributed by atoms with E-state index in [0.717, 1.165) is 0 Å². The van der Waals surface area contributed by atoms with Crippen LogP contribution in [0.3, 0.4) is 0 Å². The van der Waals surface area contributed by atoms with E-state index in [1.807, 2.05) is 0 Å². The Hall–Kier alpha value is 0.0823. The molecule has 0 fully saturated rings. The Morgan fingerprint density at radius 2 is 1.50 bits per heavy atom. The molecule has 0 saturated carbocycles. The molecule has 0 amide bonds. The van der Waals surface area contributed by atoms with E-state index in [0.29, 0.717) is 0 Å². The molecule has 0 aliphatic rings. The second kappa shape index (κ2) is 7.38. The summed E-state index contributed by atoms with van der Waals surface area (Å²) in [7, 11) is 2.70. The molecule has 0 heterocycles. The molecule has 0 aliphatic heterocycles. The molecular formula is C11H11ClPPd-. The largest absolute Gasteiger partial charge is 0.352 e. The maximum atomic E-state index is 4.39. The summed E-state index contributed by atoms with van der Waals surface area (Å²) < 4.78 is 0. The van der Waals surface area contributed by atoms with Crippen molar-refractivity contribution in [2.24, 2.45) is 0 Å². The number of fused-ring (bicyclic) bond motifs is 1. The molecule has 0 N–H and O–H groups in total. The third-order valence-corrected chi connectivity index (χ3v) is 2.13. The molecule has 78 valence electrons. The van der Waals surface area contributed by atoms with Crippen LogP contribution in [0.4, 0.5) is 0 Å². The predicted octanol–water partition coefficient (Wildman–Crippen LogP) is 3.35. The standard InChI is InChI=1S/C10H9P.CH2Cl.Pd/c11-10-6-5-8-3-1-2-4-9(8)7-10;1-2;/h1-7H,11H2;1H2;/q;-1;. The molecule has 0 saturated heterocycles. The Balaban J connectivity index is 0.000000531. The molecule has 2 aromatic carbocycles. The minimum Gasteiger partial charge on any atom is -0.352 e. The zero-order valence-electron chi connectivity index (χ0n) is 7.52. The number of halogens is 1. The van der Waals surface area contributed by atoms with Gasteiger partial charge in [-0.2, -0.15) is 0 Å². The molecule has 1 atom stereocenters. The summed E-state index contributed by atoms with van der Waals surface area (Å²) in [6.07, 6.45) is 2.72. The zero-order chi connectivity index (χ0) is 9.68. The molecule has 1 unspecified atom stereocenters. The first-order valence-electron chi connectivity index (χ1n) is 3.87. The van der Waals surface area contributed by atoms with Crippen LogP contribution in [0, 0.1) is 6.38 Å². The summed E-state index contributed by atoms with van der Waals surface area (Å²) in [6, 6.07) is 14.8. The summed E-state index contributed by atoms with van der Waals surface area (Å²) in [5.74, 6) is 0. The van der Waals surface area contributed by atoms with Gasteiger partial charge in [-0.3, -0.25) is 6.38 Å². The zero-order valence-corrected chi connectivity index (χ0v) is 11.0. The fourth-order valence-corrected chi connectivity index (χ4v) is 1.48. The molecule has 3 heteroatoms. The van der Waals surface area contributed by atoms with Crippen molar-refractivity contribution in [1.29, 1.82) is 0 Å². The Bertz CT molecular complexity index is 390. The molecule has 2 rings (SSSR count). The Morgan fingerprint density at radius 3 is 2.14 bits per heavy atom. The van der Waals surface area contributed by atoms with Gasteiger partial charge in [0.15, 0.2) is 0 Å². The molecule has 0 nitrogen and oxygen atoms in total. The fraction of sp³-hybridized carbons (Fsp3) is 0. The van der Waals surface area contributed by atoms with Crippen molar-refractivity contribution in [3.05, 3.63) is 48.8 Å². The number of rotatable bonds is 0. The van der Waals surface area contributed by atoms with Crippen molar-refractivity contribution in [2.45, 2.75) is 0 Å². The quantitative estimate of drug-likeness (QED) is 0.397. The van der Waals surface area contributed by atoms with Gasteiger partial charge < -0.3 is 11.6 Å². The van der Waals surface area contributed by atoms with Crippen LogP contribution in [0.2, 0.25) is 0 Å². The van der Waals surface area contributed by atoms with Gasteiger partial charge in [-0.1, -0.05) is 36.4 Å². The van der Waals surface area contributed by atoms with Gasteiger partial charge in [-0.05, 0) is 22.1 Å². The number of hydrogen-bond donors (Lipinski definition) is 0. The summed E-state index contributed by atoms with van der Waals surface area (Å²) in [5, 5.41) is 3.85. The minimum absolute atomic E-state index is 0. The van der Waals surface area contributed by atoms with Crippen molar-refractivity contribution in [2.75, 3.05) is 0 Å². The summed E-state index contributed by atoms with van der Waals surface area (Å²) in [5.41, 5.74) is 0. The minimum atomic E-state index is 0. The van der Waals surface area contributed by atoms with Crippen LogP contribution in [-0.4, -0.2) is 0 Å². The van der Waals surface area contributed by atoms with Gasteiger partial charge in [0.05, 0.1) is 0 Å². The normalized spacial score (nSPS) is 8.50. The van der Waals surface area contributed by atoms with Crippen LogP contribution in [0.1, 0.15) is 0 Å². The molecule has 0 bridgehead atoms. The van der Waals surface area contributed by atoms with Crippen LogP contribution in [-0.2, 0) is 20.4 Å². The van der Waals surface area contributed by atoms with Crippen LogP contribution >= 0.6 is 20.8 Å². The first-order valence-corrected chi connectivity index (χ1v) is 4.98. The van der Waals surface area contributed by atoms with Gasteiger partial charge in [0.25, 0.3) is 0 Å². The third kappa shape index (κ3) is 3.68. The number of hydrogen-bond acceptors (Lipinski definition) is 0. The average Bonchev–Trinajstić information content (AvgIpc) is 2.21. The van der Waals surface area contributed by atoms with Gasteiger partial charge in [-0.25, -0.2) is 0 Å². The second-order valence-corrected chi connectivity index (χ2v) is 3.27. The first kappa shape index (κ1) is 14.1. The van der Waals surface area contributed by atoms with Crippen molar-refractivity contribution >= 4 is 36.9 Å². The van der Waals surface area contributed by atoms with Crippen LogP contribution in [0.5, 0.6) is 0 Å². The van der Waals surface area contributed by atoms with E-state index in [4.69, 9.17) is 0 Å². The maximum Gasteiger partial charge on any atom is 0 e. The summed E-state index contributed by atoms with van der Waals surface area (Å²) in [6.45, 7) is 0. The van der Waals surface area contributed by atoms with E-state index in [9.17, 15) is 0 Å². The van der Waals surface area contributed by atoms with Crippen molar-refractivity contribution in [3.63, 3.8) is 0 Å². The molecule has 14 heavy (non-hydrogen) atoms. The molecular weight excluding hydrogens is 305 g/mol. The predicted molar refractivity (Wildman–Crippen MR) is 64.5 cm³/mol. The van der Waals surface area contributed by atoms with Crippen molar-refractivity contribution in [1.82, 2.24) is 0 Å². The van der Waals surface area contributed by atoms with Crippen LogP contribution in [0.15, 0.2) is 42.5 Å². The van der Waals surface area contributed by atoms with Gasteiger partial charge in [0.2, 0.25) is 0 Å². The Labute approximate surface area is 106 Å². The average molecular weight is 316 g/mol. The van der Waals surface area contributed by atoms with E-state index in [1.165, 1.54) is 16.1 Å². The summed E-state index contributed by atoms with van der Waals surface area (Å²) >= 11 is 4.39. The van der Waals surface area contributed by atoms with E-state index in [-0.39, 0.29) is 20.4 Å². The van der Waals surface area contributed by atoms with Crippen LogP contribution in [0.25, 0.3) is 10.8 Å². The summed E-state index contributed by atoms with van der Waals surface area (Å²) in [4.78, 5) is 0. The van der Waals surface area contributed by atoms with Crippen molar-refractivity contribution < 1.29 is 20.4 Å². The third-order valence-electron chi connectivity index (χ3n) is 1.77. The van der Waals surface area contributed by atoms with Gasteiger partial charge >= 0.3 is 0 Å². The van der Waals surface area contributed by atoms with Gasteiger partial charge in [0, 0.05) is 20.4 Å². The molecule has 0 spiro atoms. The van der Waals surface area contributed by atoms with Crippen LogP contribution < -0.4 is 5.30 Å². The molecule has 0 aromatic heterocycles. The molecule has 0 radical (unpaired) electrons. The van der Waals surface area contributed by atoms with Gasteiger partial charge in [0.1, 0.15) is 0 Å². The van der Waals surface area contributed by atoms with Crippen molar-refractivity contribution in [3.8, 4) is 0 Å². The number of benzene rings is 2. The van der Waals surface area contributed by atoms with Gasteiger partial charge in [-0.15, -0.1) is 9.24 Å². The monoisotopic (exact) mass is 315 g/mol. The Morgan fingerprint density at radius 1 is 0.929 bits per heavy atom. The fourth-order valence-electron chi connectivity index (χ4n) is 1.21. The SMILES string of the molecule is Pc1ccc2ccccc2c1.[CH2-]Cl.[Pd]. The van der Waals surface area contributed by atoms with E-state index >= 15 is 0 Å². The molecule has 0 aliphatic carbocycles. The smallest absolute Gasteiger partial charge is 0 e. The topological polar surface area (TPSA) is 0 Å². The second-order valence-electron chi connectivity index (χ2n) is 2.61. The Kier molecular flexibility index (Phi) is 7.43.